The summed E-state index contributed by atoms with van der Waals surface area (Å²) in [5, 5.41) is 4.11. The number of nitrogens with one attached hydrogen (secondary N) is 2. The molecule has 1 aliphatic heterocycles. The van der Waals surface area contributed by atoms with Crippen LogP contribution >= 0.6 is 0 Å². The molecule has 1 amide bonds. The molecule has 1 unspecified atom stereocenters. The fourth-order valence-electron chi connectivity index (χ4n) is 3.05. The maximum absolute atomic E-state index is 11.9. The van der Waals surface area contributed by atoms with Crippen LogP contribution in [-0.2, 0) is 4.79 Å². The van der Waals surface area contributed by atoms with E-state index in [0.717, 1.165) is 39.8 Å². The zero-order valence-corrected chi connectivity index (χ0v) is 11.7. The van der Waals surface area contributed by atoms with Crippen molar-refractivity contribution >= 4 is 22.5 Å². The highest BCUT2D eigenvalue weighted by Crippen LogP contribution is 2.38. The van der Waals surface area contributed by atoms with Crippen LogP contribution in [0, 0.1) is 0 Å². The number of benzene rings is 1. The molecule has 0 saturated carbocycles. The van der Waals surface area contributed by atoms with Gasteiger partial charge in [-0.1, -0.05) is 6.92 Å². The third-order valence-corrected chi connectivity index (χ3v) is 4.14. The molecule has 4 heteroatoms. The summed E-state index contributed by atoms with van der Waals surface area (Å²) in [6.45, 7) is 2.04. The third-order valence-electron chi connectivity index (χ3n) is 4.14. The minimum Gasteiger partial charge on any atom is -0.354 e. The molecule has 0 saturated heterocycles. The number of nitrogens with zero attached hydrogens (tertiary/aromatic N) is 1. The number of H-pyrrole nitrogens is 1. The minimum atomic E-state index is -0.0244. The van der Waals surface area contributed by atoms with E-state index in [2.05, 4.69) is 27.4 Å². The molecule has 3 heterocycles. The van der Waals surface area contributed by atoms with Gasteiger partial charge in [-0.25, -0.2) is 0 Å². The van der Waals surface area contributed by atoms with Gasteiger partial charge in [0.05, 0.1) is 5.92 Å². The van der Waals surface area contributed by atoms with Crippen LogP contribution in [0.15, 0.2) is 42.7 Å². The lowest BCUT2D eigenvalue weighted by molar-refractivity contribution is -0.117. The lowest BCUT2D eigenvalue weighted by Crippen LogP contribution is -2.10. The number of pyridine rings is 1. The van der Waals surface area contributed by atoms with Crippen LogP contribution in [0.2, 0.25) is 0 Å². The molecule has 2 aromatic heterocycles. The average Bonchev–Trinajstić information content (AvgIpc) is 3.04. The Kier molecular flexibility index (Phi) is 2.57. The van der Waals surface area contributed by atoms with Gasteiger partial charge in [0.2, 0.25) is 5.91 Å². The van der Waals surface area contributed by atoms with E-state index in [-0.39, 0.29) is 11.8 Å². The molecule has 1 aromatic carbocycles. The van der Waals surface area contributed by atoms with E-state index in [4.69, 9.17) is 0 Å². The number of rotatable bonds is 2. The molecule has 1 atom stereocenters. The van der Waals surface area contributed by atoms with Gasteiger partial charge in [-0.3, -0.25) is 9.78 Å². The number of carbonyl (C=O) groups excluding carboxylic acids is 1. The second kappa shape index (κ2) is 4.45. The fourth-order valence-corrected chi connectivity index (χ4v) is 3.05. The van der Waals surface area contributed by atoms with E-state index in [1.165, 1.54) is 0 Å². The molecule has 0 radical (unpaired) electrons. The molecule has 0 fully saturated rings. The Morgan fingerprint density at radius 2 is 2.00 bits per heavy atom. The summed E-state index contributed by atoms with van der Waals surface area (Å²) in [7, 11) is 0. The van der Waals surface area contributed by atoms with Crippen LogP contribution in [0.4, 0.5) is 5.69 Å². The highest BCUT2D eigenvalue weighted by molar-refractivity contribution is 6.06. The molecular formula is C17H15N3O. The second-order valence-corrected chi connectivity index (χ2v) is 5.40. The summed E-state index contributed by atoms with van der Waals surface area (Å²) >= 11 is 0. The molecule has 104 valence electrons. The Labute approximate surface area is 122 Å². The van der Waals surface area contributed by atoms with Crippen LogP contribution in [0.5, 0.6) is 0 Å². The Morgan fingerprint density at radius 1 is 1.19 bits per heavy atom. The number of anilines is 1. The first-order valence-electron chi connectivity index (χ1n) is 7.14. The Hall–Kier alpha value is -2.62. The van der Waals surface area contributed by atoms with E-state index in [0.29, 0.717) is 0 Å². The Bertz CT molecular complexity index is 836. The van der Waals surface area contributed by atoms with Crippen LogP contribution < -0.4 is 5.32 Å². The minimum absolute atomic E-state index is 0.0244. The zero-order chi connectivity index (χ0) is 14.4. The Balaban J connectivity index is 1.86. The number of hydrogen-bond acceptors (Lipinski definition) is 2. The first-order chi connectivity index (χ1) is 10.3. The van der Waals surface area contributed by atoms with Gasteiger partial charge in [-0.2, -0.15) is 0 Å². The maximum Gasteiger partial charge on any atom is 0.231 e. The molecule has 3 aromatic rings. The van der Waals surface area contributed by atoms with E-state index >= 15 is 0 Å². The largest absolute Gasteiger partial charge is 0.354 e. The molecule has 2 N–H and O–H groups in total. The predicted octanol–water partition coefficient (Wildman–Crippen LogP) is 3.68. The molecule has 4 nitrogen and oxygen atoms in total. The third kappa shape index (κ3) is 1.83. The first-order valence-corrected chi connectivity index (χ1v) is 7.14. The topological polar surface area (TPSA) is 57.8 Å². The van der Waals surface area contributed by atoms with Gasteiger partial charge in [0.25, 0.3) is 0 Å². The number of hydrogen-bond donors (Lipinski definition) is 2. The van der Waals surface area contributed by atoms with Gasteiger partial charge < -0.3 is 10.3 Å². The first kappa shape index (κ1) is 12.1. The van der Waals surface area contributed by atoms with Crippen LogP contribution in [0.1, 0.15) is 24.8 Å². The average molecular weight is 277 g/mol. The normalized spacial score (nSPS) is 17.0. The number of fused-ring (bicyclic) bond motifs is 2. The van der Waals surface area contributed by atoms with E-state index in [1.54, 1.807) is 12.4 Å². The SMILES string of the molecule is CCC1C(=O)Nc2cc3[nH]c(-c4ccncc4)cc3cc21. The van der Waals surface area contributed by atoms with Crippen molar-refractivity contribution in [2.45, 2.75) is 19.3 Å². The van der Waals surface area contributed by atoms with Crippen molar-refractivity contribution in [3.05, 3.63) is 48.3 Å². The molecule has 21 heavy (non-hydrogen) atoms. The summed E-state index contributed by atoms with van der Waals surface area (Å²) in [4.78, 5) is 19.4. The summed E-state index contributed by atoms with van der Waals surface area (Å²) in [5.74, 6) is 0.0817. The lowest BCUT2D eigenvalue weighted by atomic mass is 9.97. The van der Waals surface area contributed by atoms with Crippen molar-refractivity contribution in [1.82, 2.24) is 9.97 Å². The highest BCUT2D eigenvalue weighted by atomic mass is 16.2. The van der Waals surface area contributed by atoms with Gasteiger partial charge in [0.15, 0.2) is 0 Å². The second-order valence-electron chi connectivity index (χ2n) is 5.40. The quantitative estimate of drug-likeness (QED) is 0.750. The van der Waals surface area contributed by atoms with Gasteiger partial charge in [-0.05, 0) is 42.3 Å². The molecule has 0 bridgehead atoms. The van der Waals surface area contributed by atoms with Gasteiger partial charge in [-0.15, -0.1) is 0 Å². The Morgan fingerprint density at radius 3 is 2.76 bits per heavy atom. The molecule has 0 aliphatic carbocycles. The van der Waals surface area contributed by atoms with Crippen molar-refractivity contribution in [1.29, 1.82) is 0 Å². The summed E-state index contributed by atoms with van der Waals surface area (Å²) in [5.41, 5.74) is 5.25. The van der Waals surface area contributed by atoms with Crippen LogP contribution in [0.3, 0.4) is 0 Å². The number of aromatic nitrogens is 2. The number of carbonyl (C=O) groups is 1. The van der Waals surface area contributed by atoms with Crippen molar-refractivity contribution < 1.29 is 4.79 Å². The van der Waals surface area contributed by atoms with Crippen LogP contribution in [0.25, 0.3) is 22.2 Å². The maximum atomic E-state index is 11.9. The van der Waals surface area contributed by atoms with E-state index in [9.17, 15) is 4.79 Å². The van der Waals surface area contributed by atoms with Crippen molar-refractivity contribution in [3.63, 3.8) is 0 Å². The monoisotopic (exact) mass is 277 g/mol. The lowest BCUT2D eigenvalue weighted by Gasteiger charge is -2.04. The number of amides is 1. The van der Waals surface area contributed by atoms with E-state index < -0.39 is 0 Å². The zero-order valence-electron chi connectivity index (χ0n) is 11.7. The van der Waals surface area contributed by atoms with Crippen molar-refractivity contribution in [3.8, 4) is 11.3 Å². The predicted molar refractivity (Wildman–Crippen MR) is 83.2 cm³/mol. The molecule has 4 rings (SSSR count). The smallest absolute Gasteiger partial charge is 0.231 e. The molecule has 1 aliphatic rings. The van der Waals surface area contributed by atoms with Crippen molar-refractivity contribution in [2.24, 2.45) is 0 Å². The van der Waals surface area contributed by atoms with Gasteiger partial charge in [0.1, 0.15) is 0 Å². The summed E-state index contributed by atoms with van der Waals surface area (Å²) in [6, 6.07) is 10.2. The number of aromatic amines is 1. The van der Waals surface area contributed by atoms with Crippen molar-refractivity contribution in [2.75, 3.05) is 5.32 Å². The fraction of sp³-hybridized carbons (Fsp3) is 0.176. The standard InChI is InChI=1S/C17H15N3O/c1-2-12-13-7-11-8-14(10-3-5-18-6-4-10)19-15(11)9-16(13)20-17(12)21/h3-9,12,19H,2H2,1H3,(H,20,21). The van der Waals surface area contributed by atoms with Gasteiger partial charge >= 0.3 is 0 Å². The van der Waals surface area contributed by atoms with Crippen LogP contribution in [-0.4, -0.2) is 15.9 Å². The molecular weight excluding hydrogens is 262 g/mol. The summed E-state index contributed by atoms with van der Waals surface area (Å²) < 4.78 is 0. The highest BCUT2D eigenvalue weighted by Gasteiger charge is 2.29. The van der Waals surface area contributed by atoms with Gasteiger partial charge in [0, 0.05) is 40.2 Å². The van der Waals surface area contributed by atoms with E-state index in [1.807, 2.05) is 25.1 Å². The summed E-state index contributed by atoms with van der Waals surface area (Å²) in [6.07, 6.45) is 4.40. The molecule has 0 spiro atoms.